The molecule has 6 nitrogen and oxygen atoms in total. The van der Waals surface area contributed by atoms with Crippen molar-refractivity contribution in [1.29, 1.82) is 0 Å². The molecule has 2 aromatic carbocycles. The third kappa shape index (κ3) is 5.35. The minimum absolute atomic E-state index is 0.000165. The molecular formula is C25H28Cl2N2O4. The number of Topliss-reactive ketones (excluding diaryl/α,β-unsaturated/α-hetero) is 1. The Morgan fingerprint density at radius 3 is 2.39 bits per heavy atom. The zero-order valence-corrected chi connectivity index (χ0v) is 20.9. The number of ether oxygens (including phenoxy) is 1. The molecule has 0 bridgehead atoms. The molecule has 1 amide bonds. The van der Waals surface area contributed by atoms with Gasteiger partial charge in [0.05, 0.1) is 27.8 Å². The van der Waals surface area contributed by atoms with Gasteiger partial charge in [0.25, 0.3) is 11.7 Å². The molecule has 176 valence electrons. The number of likely N-dealkylation sites (N-methyl/N-ethyl adjacent to an activating group) is 1. The molecule has 0 radical (unpaired) electrons. The summed E-state index contributed by atoms with van der Waals surface area (Å²) < 4.78 is 5.77. The number of hydrogen-bond acceptors (Lipinski definition) is 5. The number of hydrogen-bond donors (Lipinski definition) is 1. The van der Waals surface area contributed by atoms with E-state index in [0.29, 0.717) is 40.0 Å². The van der Waals surface area contributed by atoms with Crippen molar-refractivity contribution in [2.24, 2.45) is 0 Å². The summed E-state index contributed by atoms with van der Waals surface area (Å²) in [7, 11) is 3.77. The van der Waals surface area contributed by atoms with E-state index in [2.05, 4.69) is 0 Å². The Morgan fingerprint density at radius 2 is 1.82 bits per heavy atom. The normalized spacial score (nSPS) is 18.0. The summed E-state index contributed by atoms with van der Waals surface area (Å²) in [5.41, 5.74) is 1.86. The lowest BCUT2D eigenvalue weighted by Crippen LogP contribution is -2.35. The Balaban J connectivity index is 2.14. The van der Waals surface area contributed by atoms with Gasteiger partial charge in [0.1, 0.15) is 11.5 Å². The van der Waals surface area contributed by atoms with E-state index in [1.165, 1.54) is 4.90 Å². The van der Waals surface area contributed by atoms with Crippen LogP contribution in [0, 0.1) is 6.92 Å². The number of rotatable bonds is 7. The molecule has 1 atom stereocenters. The van der Waals surface area contributed by atoms with Gasteiger partial charge in [-0.2, -0.15) is 0 Å². The van der Waals surface area contributed by atoms with Crippen molar-refractivity contribution in [3.63, 3.8) is 0 Å². The van der Waals surface area contributed by atoms with Gasteiger partial charge in [-0.15, -0.1) is 0 Å². The fourth-order valence-electron chi connectivity index (χ4n) is 3.79. The molecule has 3 rings (SSSR count). The Morgan fingerprint density at radius 1 is 1.12 bits per heavy atom. The standard InChI is InChI=1S/C25H28Cl2N2O4/c1-14(2)33-20-9-7-17(12-15(20)3)23(30)21-22(16-6-8-18(26)19(27)13-16)29(11-10-28(4)5)25(32)24(21)31/h6-9,12-14,22,30H,10-11H2,1-5H3/b23-21-. The molecule has 0 aromatic heterocycles. The van der Waals surface area contributed by atoms with Gasteiger partial charge in [-0.25, -0.2) is 0 Å². The van der Waals surface area contributed by atoms with E-state index >= 15 is 0 Å². The number of aliphatic hydroxyl groups is 1. The number of nitrogens with zero attached hydrogens (tertiary/aromatic N) is 2. The Bertz CT molecular complexity index is 1110. The Kier molecular flexibility index (Phi) is 7.73. The van der Waals surface area contributed by atoms with Gasteiger partial charge in [-0.3, -0.25) is 9.59 Å². The van der Waals surface area contributed by atoms with Crippen LogP contribution in [0.5, 0.6) is 5.75 Å². The number of aryl methyl sites for hydroxylation is 1. The van der Waals surface area contributed by atoms with Gasteiger partial charge in [0.2, 0.25) is 0 Å². The molecular weight excluding hydrogens is 463 g/mol. The average molecular weight is 491 g/mol. The Labute approximate surface area is 204 Å². The zero-order valence-electron chi connectivity index (χ0n) is 19.4. The first-order valence-corrected chi connectivity index (χ1v) is 11.4. The first kappa shape index (κ1) is 25.1. The molecule has 1 unspecified atom stereocenters. The number of carbonyl (C=O) groups is 2. The number of benzene rings is 2. The third-order valence-electron chi connectivity index (χ3n) is 5.40. The topological polar surface area (TPSA) is 70.1 Å². The van der Waals surface area contributed by atoms with Crippen LogP contribution < -0.4 is 4.74 Å². The van der Waals surface area contributed by atoms with E-state index in [1.54, 1.807) is 36.4 Å². The quantitative estimate of drug-likeness (QED) is 0.333. The molecule has 0 aliphatic carbocycles. The SMILES string of the molecule is Cc1cc(/C(O)=C2/C(=O)C(=O)N(CCN(C)C)C2c2ccc(Cl)c(Cl)c2)ccc1OC(C)C. The van der Waals surface area contributed by atoms with E-state index in [9.17, 15) is 14.7 Å². The predicted octanol–water partition coefficient (Wildman–Crippen LogP) is 5.07. The van der Waals surface area contributed by atoms with Crippen molar-refractivity contribution in [3.8, 4) is 5.75 Å². The summed E-state index contributed by atoms with van der Waals surface area (Å²) in [6.07, 6.45) is -0.000165. The number of ketones is 1. The van der Waals surface area contributed by atoms with Crippen LogP contribution in [-0.2, 0) is 9.59 Å². The molecule has 0 saturated carbocycles. The van der Waals surface area contributed by atoms with Crippen LogP contribution in [0.3, 0.4) is 0 Å². The Hall–Kier alpha value is -2.54. The summed E-state index contributed by atoms with van der Waals surface area (Å²) in [6.45, 7) is 6.57. The van der Waals surface area contributed by atoms with Gasteiger partial charge in [-0.1, -0.05) is 29.3 Å². The number of amides is 1. The van der Waals surface area contributed by atoms with Crippen molar-refractivity contribution in [2.45, 2.75) is 32.9 Å². The number of carbonyl (C=O) groups excluding carboxylic acids is 2. The minimum Gasteiger partial charge on any atom is -0.507 e. The minimum atomic E-state index is -0.786. The van der Waals surface area contributed by atoms with Gasteiger partial charge < -0.3 is 19.6 Å². The lowest BCUT2D eigenvalue weighted by Gasteiger charge is -2.27. The summed E-state index contributed by atoms with van der Waals surface area (Å²) in [5.74, 6) is -0.946. The summed E-state index contributed by atoms with van der Waals surface area (Å²) in [4.78, 5) is 29.5. The monoisotopic (exact) mass is 490 g/mol. The van der Waals surface area contributed by atoms with Crippen LogP contribution in [0.15, 0.2) is 42.0 Å². The van der Waals surface area contributed by atoms with Crippen LogP contribution in [0.4, 0.5) is 0 Å². The summed E-state index contributed by atoms with van der Waals surface area (Å²) in [5, 5.41) is 11.9. The second-order valence-electron chi connectivity index (χ2n) is 8.62. The number of likely N-dealkylation sites (tertiary alicyclic amines) is 1. The summed E-state index contributed by atoms with van der Waals surface area (Å²) >= 11 is 12.3. The molecule has 1 aliphatic rings. The maximum atomic E-state index is 13.1. The molecule has 1 aliphatic heterocycles. The van der Waals surface area contributed by atoms with Crippen LogP contribution >= 0.6 is 23.2 Å². The van der Waals surface area contributed by atoms with E-state index in [-0.39, 0.29) is 17.4 Å². The predicted molar refractivity (Wildman–Crippen MR) is 131 cm³/mol. The van der Waals surface area contributed by atoms with E-state index in [4.69, 9.17) is 27.9 Å². The first-order chi connectivity index (χ1) is 15.5. The highest BCUT2D eigenvalue weighted by Gasteiger charge is 2.46. The zero-order chi connectivity index (χ0) is 24.4. The lowest BCUT2D eigenvalue weighted by atomic mass is 9.94. The largest absolute Gasteiger partial charge is 0.507 e. The molecule has 1 saturated heterocycles. The van der Waals surface area contributed by atoms with Crippen molar-refractivity contribution >= 4 is 40.7 Å². The van der Waals surface area contributed by atoms with Crippen LogP contribution in [0.1, 0.15) is 36.6 Å². The molecule has 0 spiro atoms. The first-order valence-electron chi connectivity index (χ1n) is 10.7. The van der Waals surface area contributed by atoms with Gasteiger partial charge in [0.15, 0.2) is 0 Å². The fourth-order valence-corrected chi connectivity index (χ4v) is 4.09. The molecule has 1 fully saturated rings. The van der Waals surface area contributed by atoms with E-state index < -0.39 is 17.7 Å². The number of aliphatic hydroxyl groups excluding tert-OH is 1. The second-order valence-corrected chi connectivity index (χ2v) is 9.43. The number of halogens is 2. The van der Waals surface area contributed by atoms with Gasteiger partial charge >= 0.3 is 0 Å². The van der Waals surface area contributed by atoms with Gasteiger partial charge in [-0.05, 0) is 76.3 Å². The highest BCUT2D eigenvalue weighted by molar-refractivity contribution is 6.46. The molecule has 8 heteroatoms. The summed E-state index contributed by atoms with van der Waals surface area (Å²) in [6, 6.07) is 9.35. The maximum Gasteiger partial charge on any atom is 0.295 e. The van der Waals surface area contributed by atoms with Crippen molar-refractivity contribution in [1.82, 2.24) is 9.80 Å². The highest BCUT2D eigenvalue weighted by atomic mass is 35.5. The maximum absolute atomic E-state index is 13.1. The van der Waals surface area contributed by atoms with Gasteiger partial charge in [0, 0.05) is 18.7 Å². The molecule has 33 heavy (non-hydrogen) atoms. The van der Waals surface area contributed by atoms with Crippen molar-refractivity contribution in [3.05, 3.63) is 68.7 Å². The van der Waals surface area contributed by atoms with E-state index in [0.717, 1.165) is 5.56 Å². The van der Waals surface area contributed by atoms with Crippen LogP contribution in [-0.4, -0.2) is 59.9 Å². The molecule has 1 heterocycles. The van der Waals surface area contributed by atoms with E-state index in [1.807, 2.05) is 39.8 Å². The van der Waals surface area contributed by atoms with Crippen molar-refractivity contribution < 1.29 is 19.4 Å². The van der Waals surface area contributed by atoms with Crippen molar-refractivity contribution in [2.75, 3.05) is 27.2 Å². The average Bonchev–Trinajstić information content (AvgIpc) is 2.99. The molecule has 2 aromatic rings. The fraction of sp³-hybridized carbons (Fsp3) is 0.360. The highest BCUT2D eigenvalue weighted by Crippen LogP contribution is 2.41. The second kappa shape index (κ2) is 10.2. The third-order valence-corrected chi connectivity index (χ3v) is 6.14. The lowest BCUT2D eigenvalue weighted by molar-refractivity contribution is -0.140. The van der Waals surface area contributed by atoms with Crippen LogP contribution in [0.25, 0.3) is 5.76 Å². The molecule has 1 N–H and O–H groups in total. The van der Waals surface area contributed by atoms with Crippen LogP contribution in [0.2, 0.25) is 10.0 Å². The smallest absolute Gasteiger partial charge is 0.295 e.